The molecule has 0 saturated carbocycles. The maximum absolute atomic E-state index is 13.5. The van der Waals surface area contributed by atoms with Gasteiger partial charge in [0.05, 0.1) is 19.6 Å². The molecule has 26 heavy (non-hydrogen) atoms. The minimum absolute atomic E-state index is 0.00676. The lowest BCUT2D eigenvalue weighted by molar-refractivity contribution is -0.141. The zero-order chi connectivity index (χ0) is 19.1. The van der Waals surface area contributed by atoms with E-state index >= 15 is 0 Å². The van der Waals surface area contributed by atoms with Crippen molar-refractivity contribution < 1.29 is 24.1 Å². The first kappa shape index (κ1) is 19.1. The lowest BCUT2D eigenvalue weighted by Crippen LogP contribution is -2.23. The smallest absolute Gasteiger partial charge is 0.307 e. The van der Waals surface area contributed by atoms with Gasteiger partial charge in [0.15, 0.2) is 11.5 Å². The topological polar surface area (TPSA) is 78.8 Å². The summed E-state index contributed by atoms with van der Waals surface area (Å²) in [5, 5.41) is 21.9. The maximum atomic E-state index is 13.5. The van der Waals surface area contributed by atoms with E-state index in [4.69, 9.17) is 4.74 Å². The molecule has 1 atom stereocenters. The van der Waals surface area contributed by atoms with Crippen LogP contribution in [0.15, 0.2) is 60.8 Å². The summed E-state index contributed by atoms with van der Waals surface area (Å²) in [5.74, 6) is -1.27. The number of carbonyl (C=O) groups is 1. The Labute approximate surface area is 151 Å². The van der Waals surface area contributed by atoms with E-state index in [0.29, 0.717) is 16.8 Å². The van der Waals surface area contributed by atoms with Crippen molar-refractivity contribution in [1.29, 1.82) is 0 Å². The van der Waals surface area contributed by atoms with Crippen LogP contribution in [0, 0.1) is 5.82 Å². The van der Waals surface area contributed by atoms with Gasteiger partial charge in [-0.2, -0.15) is 0 Å². The van der Waals surface area contributed by atoms with E-state index in [1.165, 1.54) is 31.4 Å². The summed E-state index contributed by atoms with van der Waals surface area (Å²) in [5.41, 5.74) is 1.72. The van der Waals surface area contributed by atoms with Gasteiger partial charge in [-0.1, -0.05) is 30.9 Å². The molecule has 0 aliphatic rings. The Bertz CT molecular complexity index is 832. The van der Waals surface area contributed by atoms with Crippen molar-refractivity contribution in [3.05, 3.63) is 77.8 Å². The average molecular weight is 357 g/mol. The van der Waals surface area contributed by atoms with Crippen LogP contribution in [0.1, 0.15) is 23.6 Å². The number of benzene rings is 2. The second-order valence-corrected chi connectivity index (χ2v) is 5.64. The van der Waals surface area contributed by atoms with E-state index in [1.807, 2.05) is 0 Å². The number of methoxy groups -OCH3 is 1. The largest absolute Gasteiger partial charge is 0.504 e. The zero-order valence-corrected chi connectivity index (χ0v) is 14.3. The first-order chi connectivity index (χ1) is 12.4. The monoisotopic (exact) mass is 357 g/mol. The van der Waals surface area contributed by atoms with E-state index in [9.17, 15) is 19.4 Å². The first-order valence-electron chi connectivity index (χ1n) is 7.87. The highest BCUT2D eigenvalue weighted by Gasteiger charge is 2.17. The molecule has 2 rings (SSSR count). The molecule has 0 fully saturated rings. The van der Waals surface area contributed by atoms with Gasteiger partial charge in [-0.15, -0.1) is 0 Å². The third-order valence-corrected chi connectivity index (χ3v) is 3.69. The summed E-state index contributed by atoms with van der Waals surface area (Å²) in [6, 6.07) is 9.82. The van der Waals surface area contributed by atoms with Crippen LogP contribution in [-0.4, -0.2) is 23.3 Å². The summed E-state index contributed by atoms with van der Waals surface area (Å²) in [6.07, 6.45) is 3.33. The normalized spacial score (nSPS) is 11.9. The molecule has 0 saturated heterocycles. The van der Waals surface area contributed by atoms with Crippen LogP contribution in [0.2, 0.25) is 0 Å². The number of hydrogen-bond donors (Lipinski definition) is 3. The van der Waals surface area contributed by atoms with Gasteiger partial charge >= 0.3 is 5.97 Å². The number of phenols is 2. The molecule has 0 aliphatic heterocycles. The molecule has 6 heteroatoms. The van der Waals surface area contributed by atoms with Crippen LogP contribution in [-0.2, 0) is 9.53 Å². The van der Waals surface area contributed by atoms with Crippen molar-refractivity contribution in [2.45, 2.75) is 12.5 Å². The minimum atomic E-state index is -0.511. The third kappa shape index (κ3) is 5.37. The lowest BCUT2D eigenvalue weighted by Gasteiger charge is -2.19. The molecule has 3 N–H and O–H groups in total. The molecule has 1 unspecified atom stereocenters. The van der Waals surface area contributed by atoms with Gasteiger partial charge in [-0.25, -0.2) is 4.39 Å². The van der Waals surface area contributed by atoms with Crippen LogP contribution >= 0.6 is 0 Å². The number of aromatic hydroxyl groups is 2. The Morgan fingerprint density at radius 1 is 1.27 bits per heavy atom. The number of nitrogens with one attached hydrogen (secondary N) is 1. The van der Waals surface area contributed by atoms with E-state index < -0.39 is 17.8 Å². The van der Waals surface area contributed by atoms with Gasteiger partial charge in [0.25, 0.3) is 0 Å². The van der Waals surface area contributed by atoms with Crippen LogP contribution in [0.5, 0.6) is 11.5 Å². The molecule has 0 bridgehead atoms. The van der Waals surface area contributed by atoms with Gasteiger partial charge in [0.1, 0.15) is 5.82 Å². The third-order valence-electron chi connectivity index (χ3n) is 3.69. The van der Waals surface area contributed by atoms with Gasteiger partial charge in [-0.3, -0.25) is 4.79 Å². The van der Waals surface area contributed by atoms with Crippen molar-refractivity contribution in [3.8, 4) is 11.5 Å². The minimum Gasteiger partial charge on any atom is -0.504 e. The summed E-state index contributed by atoms with van der Waals surface area (Å²) in [4.78, 5) is 11.7. The molecule has 0 amide bonds. The Morgan fingerprint density at radius 2 is 2.04 bits per heavy atom. The fourth-order valence-corrected chi connectivity index (χ4v) is 2.34. The van der Waals surface area contributed by atoms with E-state index in [-0.39, 0.29) is 17.9 Å². The highest BCUT2D eigenvalue weighted by Crippen LogP contribution is 2.25. The number of rotatable bonds is 7. The SMILES string of the molecule is C=C(/C=C/c1ccc(O)c(O)c1)NC(CC(=O)OC)c1cccc(F)c1. The number of allylic oxidation sites excluding steroid dienone is 1. The molecule has 0 spiro atoms. The molecule has 2 aromatic carbocycles. The Hall–Kier alpha value is -3.28. The number of halogens is 1. The molecule has 0 aliphatic carbocycles. The van der Waals surface area contributed by atoms with E-state index in [0.717, 1.165) is 0 Å². The van der Waals surface area contributed by atoms with Gasteiger partial charge in [-0.05, 0) is 41.5 Å². The summed E-state index contributed by atoms with van der Waals surface area (Å²) >= 11 is 0. The molecular formula is C20H20FNO4. The Morgan fingerprint density at radius 3 is 2.69 bits per heavy atom. The Balaban J connectivity index is 2.13. The predicted octanol–water partition coefficient (Wildman–Crippen LogP) is 3.66. The van der Waals surface area contributed by atoms with E-state index in [2.05, 4.69) is 11.9 Å². The molecule has 136 valence electrons. The van der Waals surface area contributed by atoms with Crippen molar-refractivity contribution in [2.24, 2.45) is 0 Å². The van der Waals surface area contributed by atoms with Crippen LogP contribution in [0.3, 0.4) is 0 Å². The zero-order valence-electron chi connectivity index (χ0n) is 14.3. The molecule has 0 heterocycles. The summed E-state index contributed by atoms with van der Waals surface area (Å²) in [6.45, 7) is 3.87. The van der Waals surface area contributed by atoms with Crippen molar-refractivity contribution >= 4 is 12.0 Å². The summed E-state index contributed by atoms with van der Waals surface area (Å²) < 4.78 is 18.2. The molecule has 0 aromatic heterocycles. The predicted molar refractivity (Wildman–Crippen MR) is 96.9 cm³/mol. The van der Waals surface area contributed by atoms with E-state index in [1.54, 1.807) is 30.4 Å². The van der Waals surface area contributed by atoms with Crippen LogP contribution < -0.4 is 5.32 Å². The van der Waals surface area contributed by atoms with Gasteiger partial charge in [0, 0.05) is 5.70 Å². The standard InChI is InChI=1S/C20H20FNO4/c1-13(6-7-14-8-9-18(23)19(24)10-14)22-17(12-20(25)26-2)15-4-3-5-16(21)11-15/h3-11,17,22-24H,1,12H2,2H3/b7-6+. The number of hydrogen-bond acceptors (Lipinski definition) is 5. The second kappa shape index (κ2) is 8.71. The van der Waals surface area contributed by atoms with Crippen LogP contribution in [0.25, 0.3) is 6.08 Å². The van der Waals surface area contributed by atoms with Crippen molar-refractivity contribution in [2.75, 3.05) is 7.11 Å². The lowest BCUT2D eigenvalue weighted by atomic mass is 10.0. The fourth-order valence-electron chi connectivity index (χ4n) is 2.34. The molecule has 2 aromatic rings. The quantitative estimate of drug-likeness (QED) is 0.400. The number of carbonyl (C=O) groups excluding carboxylic acids is 1. The number of ether oxygens (including phenoxy) is 1. The average Bonchev–Trinajstić information content (AvgIpc) is 2.62. The fraction of sp³-hybridized carbons (Fsp3) is 0.150. The van der Waals surface area contributed by atoms with Gasteiger partial charge in [0.2, 0.25) is 0 Å². The molecular weight excluding hydrogens is 337 g/mol. The highest BCUT2D eigenvalue weighted by molar-refractivity contribution is 5.70. The van der Waals surface area contributed by atoms with Crippen molar-refractivity contribution in [3.63, 3.8) is 0 Å². The second-order valence-electron chi connectivity index (χ2n) is 5.64. The highest BCUT2D eigenvalue weighted by atomic mass is 19.1. The van der Waals surface area contributed by atoms with Crippen molar-refractivity contribution in [1.82, 2.24) is 5.32 Å². The number of phenolic OH excluding ortho intramolecular Hbond substituents is 2. The molecule has 0 radical (unpaired) electrons. The van der Waals surface area contributed by atoms with Crippen LogP contribution in [0.4, 0.5) is 4.39 Å². The summed E-state index contributed by atoms with van der Waals surface area (Å²) in [7, 11) is 1.29. The Kier molecular flexibility index (Phi) is 6.38. The first-order valence-corrected chi connectivity index (χ1v) is 7.87. The molecule has 5 nitrogen and oxygen atoms in total. The number of esters is 1. The maximum Gasteiger partial charge on any atom is 0.307 e. The van der Waals surface area contributed by atoms with Gasteiger partial charge < -0.3 is 20.3 Å².